The molecule has 1 aliphatic heterocycles. The molecule has 2 aromatic carbocycles. The Hall–Kier alpha value is -3.38. The third-order valence-corrected chi connectivity index (χ3v) is 5.65. The van der Waals surface area contributed by atoms with E-state index in [-0.39, 0.29) is 0 Å². The number of anilines is 3. The summed E-state index contributed by atoms with van der Waals surface area (Å²) in [4.78, 5) is 11.6. The van der Waals surface area contributed by atoms with E-state index in [1.807, 2.05) is 16.7 Å². The summed E-state index contributed by atoms with van der Waals surface area (Å²) < 4.78 is 7.48. The maximum Gasteiger partial charge on any atom is 0.235 e. The average Bonchev–Trinajstić information content (AvgIpc) is 3.15. The fourth-order valence-electron chi connectivity index (χ4n) is 3.99. The number of imidazole rings is 1. The summed E-state index contributed by atoms with van der Waals surface area (Å²) in [5.41, 5.74) is 6.67. The first-order valence-corrected chi connectivity index (χ1v) is 10.3. The van der Waals surface area contributed by atoms with Gasteiger partial charge in [-0.15, -0.1) is 0 Å². The smallest absolute Gasteiger partial charge is 0.235 e. The molecular weight excluding hydrogens is 374 g/mol. The zero-order valence-corrected chi connectivity index (χ0v) is 17.3. The van der Waals surface area contributed by atoms with Gasteiger partial charge in [-0.3, -0.25) is 4.40 Å². The van der Waals surface area contributed by atoms with Crippen molar-refractivity contribution in [3.8, 4) is 11.3 Å². The highest BCUT2D eigenvalue weighted by Crippen LogP contribution is 2.33. The largest absolute Gasteiger partial charge is 0.378 e. The van der Waals surface area contributed by atoms with E-state index >= 15 is 0 Å². The number of aromatic nitrogens is 3. The maximum absolute atomic E-state index is 5.47. The second-order valence-electron chi connectivity index (χ2n) is 7.64. The SMILES string of the molecule is Cc1cccc(C)c1Nc1c(-c2ccc(N3CCOCC3)cc2)nc2ncccn12. The second-order valence-corrected chi connectivity index (χ2v) is 7.64. The molecule has 1 aliphatic rings. The lowest BCUT2D eigenvalue weighted by molar-refractivity contribution is 0.122. The van der Waals surface area contributed by atoms with Crippen LogP contribution in [0.1, 0.15) is 11.1 Å². The first-order chi connectivity index (χ1) is 14.7. The van der Waals surface area contributed by atoms with Gasteiger partial charge in [0.2, 0.25) is 5.78 Å². The van der Waals surface area contributed by atoms with Crippen molar-refractivity contribution in [2.45, 2.75) is 13.8 Å². The van der Waals surface area contributed by atoms with Crippen LogP contribution in [0.15, 0.2) is 60.9 Å². The topological polar surface area (TPSA) is 54.7 Å². The van der Waals surface area contributed by atoms with E-state index in [4.69, 9.17) is 9.72 Å². The lowest BCUT2D eigenvalue weighted by atomic mass is 10.1. The Kier molecular flexibility index (Phi) is 4.85. The van der Waals surface area contributed by atoms with Crippen molar-refractivity contribution in [3.63, 3.8) is 0 Å². The third-order valence-electron chi connectivity index (χ3n) is 5.65. The standard InChI is InChI=1S/C24H25N5O/c1-17-5-3-6-18(2)21(17)26-23-22(27-24-25-11-4-12-29(23)24)19-7-9-20(10-8-19)28-13-15-30-16-14-28/h3-12,26H,13-16H2,1-2H3. The van der Waals surface area contributed by atoms with Crippen molar-refractivity contribution >= 4 is 23.0 Å². The number of ether oxygens (including phenoxy) is 1. The van der Waals surface area contributed by atoms with Crippen LogP contribution in [0, 0.1) is 13.8 Å². The molecule has 1 fully saturated rings. The summed E-state index contributed by atoms with van der Waals surface area (Å²) in [6.45, 7) is 7.66. The lowest BCUT2D eigenvalue weighted by Crippen LogP contribution is -2.36. The molecule has 0 unspecified atom stereocenters. The molecule has 0 atom stereocenters. The van der Waals surface area contributed by atoms with Crippen LogP contribution in [-0.4, -0.2) is 40.7 Å². The highest BCUT2D eigenvalue weighted by Gasteiger charge is 2.17. The Morgan fingerprint density at radius 3 is 2.40 bits per heavy atom. The van der Waals surface area contributed by atoms with E-state index in [9.17, 15) is 0 Å². The zero-order valence-electron chi connectivity index (χ0n) is 17.3. The number of nitrogens with zero attached hydrogens (tertiary/aromatic N) is 4. The molecular formula is C24H25N5O. The molecule has 6 heteroatoms. The number of morpholine rings is 1. The predicted octanol–water partition coefficient (Wildman–Crippen LogP) is 4.59. The average molecular weight is 399 g/mol. The third kappa shape index (κ3) is 3.39. The fraction of sp³-hybridized carbons (Fsp3) is 0.250. The van der Waals surface area contributed by atoms with Crippen LogP contribution >= 0.6 is 0 Å². The minimum absolute atomic E-state index is 0.679. The Morgan fingerprint density at radius 2 is 1.67 bits per heavy atom. The predicted molar refractivity (Wildman–Crippen MR) is 121 cm³/mol. The quantitative estimate of drug-likeness (QED) is 0.544. The molecule has 2 aromatic heterocycles. The highest BCUT2D eigenvalue weighted by atomic mass is 16.5. The molecule has 0 saturated carbocycles. The van der Waals surface area contributed by atoms with Crippen molar-refractivity contribution in [2.24, 2.45) is 0 Å². The van der Waals surface area contributed by atoms with Gasteiger partial charge in [0.1, 0.15) is 11.5 Å². The maximum atomic E-state index is 5.47. The highest BCUT2D eigenvalue weighted by molar-refractivity contribution is 5.81. The van der Waals surface area contributed by atoms with Crippen LogP contribution in [0.4, 0.5) is 17.2 Å². The summed E-state index contributed by atoms with van der Waals surface area (Å²) in [5.74, 6) is 1.60. The van der Waals surface area contributed by atoms with Crippen LogP contribution in [-0.2, 0) is 4.74 Å². The summed E-state index contributed by atoms with van der Waals surface area (Å²) in [6.07, 6.45) is 3.77. The van der Waals surface area contributed by atoms with Crippen molar-refractivity contribution in [3.05, 3.63) is 72.1 Å². The van der Waals surface area contributed by atoms with Gasteiger partial charge in [0, 0.05) is 42.4 Å². The molecule has 0 amide bonds. The van der Waals surface area contributed by atoms with E-state index in [0.717, 1.165) is 49.1 Å². The van der Waals surface area contributed by atoms with Crippen LogP contribution < -0.4 is 10.2 Å². The summed E-state index contributed by atoms with van der Waals surface area (Å²) >= 11 is 0. The molecule has 5 rings (SSSR count). The van der Waals surface area contributed by atoms with Gasteiger partial charge in [-0.2, -0.15) is 0 Å². The number of hydrogen-bond donors (Lipinski definition) is 1. The van der Waals surface area contributed by atoms with Crippen molar-refractivity contribution in [2.75, 3.05) is 36.5 Å². The minimum Gasteiger partial charge on any atom is -0.378 e. The van der Waals surface area contributed by atoms with E-state index in [1.165, 1.54) is 16.8 Å². The number of para-hydroxylation sites is 1. The van der Waals surface area contributed by atoms with Crippen LogP contribution in [0.3, 0.4) is 0 Å². The van der Waals surface area contributed by atoms with Gasteiger partial charge in [0.05, 0.1) is 13.2 Å². The van der Waals surface area contributed by atoms with Crippen molar-refractivity contribution < 1.29 is 4.74 Å². The van der Waals surface area contributed by atoms with Gasteiger partial charge in [-0.05, 0) is 43.2 Å². The molecule has 0 aliphatic carbocycles. The first-order valence-electron chi connectivity index (χ1n) is 10.3. The zero-order chi connectivity index (χ0) is 20.5. The molecule has 4 aromatic rings. The molecule has 6 nitrogen and oxygen atoms in total. The van der Waals surface area contributed by atoms with Crippen LogP contribution in [0.25, 0.3) is 17.0 Å². The molecule has 0 radical (unpaired) electrons. The molecule has 152 valence electrons. The summed E-state index contributed by atoms with van der Waals surface area (Å²) in [7, 11) is 0. The number of benzene rings is 2. The van der Waals surface area contributed by atoms with Gasteiger partial charge in [0.15, 0.2) is 0 Å². The normalized spacial score (nSPS) is 14.3. The Bertz CT molecular complexity index is 1160. The van der Waals surface area contributed by atoms with Gasteiger partial charge in [-0.25, -0.2) is 9.97 Å². The van der Waals surface area contributed by atoms with Gasteiger partial charge >= 0.3 is 0 Å². The summed E-state index contributed by atoms with van der Waals surface area (Å²) in [6, 6.07) is 16.9. The van der Waals surface area contributed by atoms with Crippen molar-refractivity contribution in [1.29, 1.82) is 0 Å². The van der Waals surface area contributed by atoms with E-state index in [0.29, 0.717) is 5.78 Å². The Morgan fingerprint density at radius 1 is 0.933 bits per heavy atom. The number of aryl methyl sites for hydroxylation is 2. The molecule has 0 bridgehead atoms. The van der Waals surface area contributed by atoms with Gasteiger partial charge in [-0.1, -0.05) is 30.3 Å². The Balaban J connectivity index is 1.56. The van der Waals surface area contributed by atoms with Crippen LogP contribution in [0.5, 0.6) is 0 Å². The fourth-order valence-corrected chi connectivity index (χ4v) is 3.99. The second kappa shape index (κ2) is 7.80. The molecule has 30 heavy (non-hydrogen) atoms. The first kappa shape index (κ1) is 18.6. The Labute approximate surface area is 176 Å². The summed E-state index contributed by atoms with van der Waals surface area (Å²) in [5, 5.41) is 3.64. The monoisotopic (exact) mass is 399 g/mol. The van der Waals surface area contributed by atoms with E-state index < -0.39 is 0 Å². The van der Waals surface area contributed by atoms with Crippen LogP contribution in [0.2, 0.25) is 0 Å². The van der Waals surface area contributed by atoms with E-state index in [2.05, 4.69) is 71.5 Å². The van der Waals surface area contributed by atoms with Crippen molar-refractivity contribution in [1.82, 2.24) is 14.4 Å². The number of rotatable bonds is 4. The molecule has 0 spiro atoms. The lowest BCUT2D eigenvalue weighted by Gasteiger charge is -2.28. The number of nitrogens with one attached hydrogen (secondary N) is 1. The van der Waals surface area contributed by atoms with Gasteiger partial charge < -0.3 is 15.0 Å². The molecule has 3 heterocycles. The number of hydrogen-bond acceptors (Lipinski definition) is 5. The number of fused-ring (bicyclic) bond motifs is 1. The van der Waals surface area contributed by atoms with Gasteiger partial charge in [0.25, 0.3) is 0 Å². The molecule has 1 N–H and O–H groups in total. The minimum atomic E-state index is 0.679. The molecule has 1 saturated heterocycles. The van der Waals surface area contributed by atoms with E-state index in [1.54, 1.807) is 6.20 Å².